The SMILES string of the molecule is CC/C=C\C/C=C\C/C=C\C/C=C\CCCCCCCCCCCCCCCCCCCCCCC(=O)OC(COC(=O)CCCCCCCCCCCCCCCCC/C=C\CCCCCCCCCC)COC(OCC[N+](C)(C)C)C(=O)O. The van der Waals surface area contributed by atoms with Gasteiger partial charge in [-0.2, -0.15) is 0 Å². The van der Waals surface area contributed by atoms with Gasteiger partial charge in [0.1, 0.15) is 13.2 Å². The Morgan fingerprint density at radius 2 is 0.671 bits per heavy atom. The summed E-state index contributed by atoms with van der Waals surface area (Å²) in [7, 11) is 5.99. The van der Waals surface area contributed by atoms with E-state index in [0.717, 1.165) is 64.2 Å². The molecule has 0 aromatic carbocycles. The quantitative estimate of drug-likeness (QED) is 0.0211. The summed E-state index contributed by atoms with van der Waals surface area (Å²) in [4.78, 5) is 37.7. The highest BCUT2D eigenvalue weighted by molar-refractivity contribution is 5.71. The molecule has 0 radical (unpaired) electrons. The first kappa shape index (κ1) is 82.0. The second-order valence-corrected chi connectivity index (χ2v) is 25.9. The summed E-state index contributed by atoms with van der Waals surface area (Å²) in [6.07, 6.45) is 84.9. The van der Waals surface area contributed by atoms with Crippen LogP contribution in [0, 0.1) is 0 Å². The number of allylic oxidation sites excluding steroid dienone is 10. The van der Waals surface area contributed by atoms with Crippen LogP contribution >= 0.6 is 0 Å². The Balaban J connectivity index is 4.04. The number of nitrogens with zero attached hydrogens (tertiary/aromatic N) is 1. The summed E-state index contributed by atoms with van der Waals surface area (Å²) in [5, 5.41) is 9.75. The first-order valence-electron chi connectivity index (χ1n) is 36.5. The number of quaternary nitrogens is 1. The van der Waals surface area contributed by atoms with Crippen LogP contribution in [0.3, 0.4) is 0 Å². The van der Waals surface area contributed by atoms with Crippen molar-refractivity contribution in [2.45, 2.75) is 360 Å². The lowest BCUT2D eigenvalue weighted by molar-refractivity contribution is -0.870. The molecule has 1 N–H and O–H groups in total. The Morgan fingerprint density at radius 3 is 1.01 bits per heavy atom. The van der Waals surface area contributed by atoms with E-state index in [2.05, 4.69) is 74.6 Å². The number of carboxylic acids is 1. The minimum absolute atomic E-state index is 0.178. The van der Waals surface area contributed by atoms with Gasteiger partial charge in [-0.1, -0.05) is 319 Å². The van der Waals surface area contributed by atoms with Gasteiger partial charge in [0.05, 0.1) is 34.4 Å². The molecule has 0 amide bonds. The van der Waals surface area contributed by atoms with Gasteiger partial charge in [-0.15, -0.1) is 0 Å². The Hall–Kier alpha value is -3.01. The Morgan fingerprint density at radius 1 is 0.365 bits per heavy atom. The summed E-state index contributed by atoms with van der Waals surface area (Å²) in [5.74, 6) is -1.98. The lowest BCUT2D eigenvalue weighted by atomic mass is 10.0. The van der Waals surface area contributed by atoms with Crippen molar-refractivity contribution in [1.29, 1.82) is 0 Å². The highest BCUT2D eigenvalue weighted by Crippen LogP contribution is 2.19. The van der Waals surface area contributed by atoms with Crippen molar-refractivity contribution in [3.05, 3.63) is 60.8 Å². The molecule has 0 bridgehead atoms. The standard InChI is InChI=1S/C76H139NO8/c1-6-8-10-12-14-16-18-20-22-24-26-28-30-32-34-35-36-37-38-39-41-43-45-47-49-51-53-55-57-59-61-63-65-67-74(79)85-72(71-84-76(75(80)81)82-69-68-77(3,4)5)70-83-73(78)66-64-62-60-58-56-54-52-50-48-46-44-42-40-33-31-29-27-25-23-21-19-17-15-13-11-9-7-2/h8,10,14,16,20,22,25-28,72,76H,6-7,9,11-13,15,17-19,21,23-24,29-71H2,1-5H3/p+1/b10-8-,16-14-,22-20-,27-25-,28-26-. The van der Waals surface area contributed by atoms with E-state index < -0.39 is 18.4 Å². The van der Waals surface area contributed by atoms with E-state index in [9.17, 15) is 19.5 Å². The molecule has 9 nitrogen and oxygen atoms in total. The Labute approximate surface area is 526 Å². The molecule has 0 aliphatic carbocycles. The smallest absolute Gasteiger partial charge is 0.361 e. The predicted octanol–water partition coefficient (Wildman–Crippen LogP) is 22.7. The van der Waals surface area contributed by atoms with Crippen molar-refractivity contribution in [1.82, 2.24) is 0 Å². The van der Waals surface area contributed by atoms with Crippen molar-refractivity contribution in [2.75, 3.05) is 47.5 Å². The highest BCUT2D eigenvalue weighted by Gasteiger charge is 2.25. The molecular weight excluding hydrogens is 1050 g/mol. The van der Waals surface area contributed by atoms with E-state index >= 15 is 0 Å². The van der Waals surface area contributed by atoms with Gasteiger partial charge in [-0.05, 0) is 77.0 Å². The van der Waals surface area contributed by atoms with E-state index in [-0.39, 0.29) is 38.2 Å². The van der Waals surface area contributed by atoms with Gasteiger partial charge in [0.15, 0.2) is 6.10 Å². The van der Waals surface area contributed by atoms with Crippen LogP contribution in [0.2, 0.25) is 0 Å². The summed E-state index contributed by atoms with van der Waals surface area (Å²) in [5.41, 5.74) is 0. The fourth-order valence-corrected chi connectivity index (χ4v) is 10.7. The number of hydrogen-bond donors (Lipinski definition) is 1. The number of esters is 2. The van der Waals surface area contributed by atoms with Crippen molar-refractivity contribution >= 4 is 17.9 Å². The van der Waals surface area contributed by atoms with Crippen LogP contribution in [0.4, 0.5) is 0 Å². The summed E-state index contributed by atoms with van der Waals surface area (Å²) in [6, 6.07) is 0. The van der Waals surface area contributed by atoms with Gasteiger partial charge in [0.2, 0.25) is 0 Å². The minimum Gasteiger partial charge on any atom is -0.477 e. The van der Waals surface area contributed by atoms with Crippen molar-refractivity contribution < 1.29 is 42.9 Å². The van der Waals surface area contributed by atoms with Crippen LogP contribution in [0.15, 0.2) is 60.8 Å². The van der Waals surface area contributed by atoms with Gasteiger partial charge in [-0.3, -0.25) is 9.59 Å². The third-order valence-corrected chi connectivity index (χ3v) is 16.3. The number of carbonyl (C=O) groups excluding carboxylic acids is 2. The zero-order valence-electron chi connectivity index (χ0n) is 56.8. The molecule has 0 aliphatic rings. The van der Waals surface area contributed by atoms with E-state index in [1.165, 1.54) is 257 Å². The van der Waals surface area contributed by atoms with Gasteiger partial charge < -0.3 is 28.5 Å². The molecule has 496 valence electrons. The number of ether oxygens (including phenoxy) is 4. The number of carboxylic acid groups (broad SMARTS) is 1. The second kappa shape index (κ2) is 66.9. The Bertz CT molecular complexity index is 1580. The van der Waals surface area contributed by atoms with Gasteiger partial charge in [0.25, 0.3) is 6.29 Å². The third kappa shape index (κ3) is 68.3. The first-order chi connectivity index (χ1) is 41.6. The molecular formula is C76H140NO8+. The topological polar surface area (TPSA) is 108 Å². The summed E-state index contributed by atoms with van der Waals surface area (Å²) >= 11 is 0. The molecule has 0 spiro atoms. The molecule has 9 heteroatoms. The predicted molar refractivity (Wildman–Crippen MR) is 364 cm³/mol. The van der Waals surface area contributed by atoms with E-state index in [1.54, 1.807) is 0 Å². The molecule has 0 fully saturated rings. The number of hydrogen-bond acceptors (Lipinski definition) is 7. The van der Waals surface area contributed by atoms with Crippen molar-refractivity contribution in [2.24, 2.45) is 0 Å². The number of likely N-dealkylation sites (N-methyl/N-ethyl adjacent to an activating group) is 1. The number of aliphatic carboxylic acids is 1. The van der Waals surface area contributed by atoms with Crippen LogP contribution in [-0.4, -0.2) is 87.4 Å². The molecule has 0 aromatic rings. The van der Waals surface area contributed by atoms with Crippen LogP contribution in [0.5, 0.6) is 0 Å². The van der Waals surface area contributed by atoms with E-state index in [0.29, 0.717) is 17.4 Å². The third-order valence-electron chi connectivity index (χ3n) is 16.3. The average molecular weight is 1200 g/mol. The zero-order valence-corrected chi connectivity index (χ0v) is 56.8. The number of rotatable bonds is 68. The lowest BCUT2D eigenvalue weighted by Gasteiger charge is -2.25. The average Bonchev–Trinajstić information content (AvgIpc) is 3.49. The largest absolute Gasteiger partial charge is 0.477 e. The van der Waals surface area contributed by atoms with Crippen LogP contribution in [0.25, 0.3) is 0 Å². The molecule has 2 atom stereocenters. The molecule has 0 aliphatic heterocycles. The normalized spacial score (nSPS) is 13.0. The molecule has 0 rings (SSSR count). The summed E-state index contributed by atoms with van der Waals surface area (Å²) in [6.45, 7) is 4.82. The maximum Gasteiger partial charge on any atom is 0.361 e. The monoisotopic (exact) mass is 1200 g/mol. The maximum atomic E-state index is 13.0. The maximum absolute atomic E-state index is 13.0. The molecule has 0 saturated heterocycles. The fourth-order valence-electron chi connectivity index (χ4n) is 10.7. The number of carbonyl (C=O) groups is 3. The number of unbranched alkanes of at least 4 members (excludes halogenated alkanes) is 43. The van der Waals surface area contributed by atoms with E-state index in [4.69, 9.17) is 18.9 Å². The van der Waals surface area contributed by atoms with Gasteiger partial charge >= 0.3 is 17.9 Å². The lowest BCUT2D eigenvalue weighted by Crippen LogP contribution is -2.40. The van der Waals surface area contributed by atoms with Crippen molar-refractivity contribution in [3.63, 3.8) is 0 Å². The highest BCUT2D eigenvalue weighted by atomic mass is 16.7. The zero-order chi connectivity index (χ0) is 61.9. The summed E-state index contributed by atoms with van der Waals surface area (Å²) < 4.78 is 23.0. The minimum atomic E-state index is -1.51. The molecule has 0 aromatic heterocycles. The second-order valence-electron chi connectivity index (χ2n) is 25.9. The van der Waals surface area contributed by atoms with Crippen LogP contribution in [0.1, 0.15) is 348 Å². The van der Waals surface area contributed by atoms with Crippen LogP contribution in [-0.2, 0) is 33.3 Å². The first-order valence-corrected chi connectivity index (χ1v) is 36.5. The molecule has 0 heterocycles. The van der Waals surface area contributed by atoms with Crippen LogP contribution < -0.4 is 0 Å². The molecule has 0 saturated carbocycles. The fraction of sp³-hybridized carbons (Fsp3) is 0.829. The van der Waals surface area contributed by atoms with E-state index in [1.807, 2.05) is 21.1 Å². The molecule has 85 heavy (non-hydrogen) atoms. The van der Waals surface area contributed by atoms with Crippen molar-refractivity contribution in [3.8, 4) is 0 Å². The Kier molecular flexibility index (Phi) is 64.6. The molecule has 2 unspecified atom stereocenters. The van der Waals surface area contributed by atoms with Gasteiger partial charge in [-0.25, -0.2) is 4.79 Å². The van der Waals surface area contributed by atoms with Gasteiger partial charge in [0, 0.05) is 12.8 Å².